The van der Waals surface area contributed by atoms with Gasteiger partial charge in [-0.2, -0.15) is 5.10 Å². The summed E-state index contributed by atoms with van der Waals surface area (Å²) in [5.74, 6) is -0.0141. The van der Waals surface area contributed by atoms with E-state index in [-0.39, 0.29) is 46.6 Å². The van der Waals surface area contributed by atoms with E-state index in [0.29, 0.717) is 5.82 Å². The number of amides is 2. The first kappa shape index (κ1) is 26.9. The second-order valence-corrected chi connectivity index (χ2v) is 11.8. The number of benzene rings is 2. The Morgan fingerprint density at radius 1 is 1.22 bits per heavy atom. The van der Waals surface area contributed by atoms with Gasteiger partial charge in [0.2, 0.25) is 11.8 Å². The van der Waals surface area contributed by atoms with Gasteiger partial charge >= 0.3 is 0 Å². The molecule has 1 aromatic heterocycles. The van der Waals surface area contributed by atoms with Crippen LogP contribution in [0.25, 0.3) is 5.69 Å². The first-order chi connectivity index (χ1) is 17.5. The highest BCUT2D eigenvalue weighted by Gasteiger charge is 2.40. The van der Waals surface area contributed by atoms with Gasteiger partial charge in [-0.1, -0.05) is 57.5 Å². The molecular formula is C29H35FN4O2S. The Balaban J connectivity index is 1.98. The van der Waals surface area contributed by atoms with E-state index < -0.39 is 0 Å². The molecule has 3 aromatic rings. The number of hydrogen-bond acceptors (Lipinski definition) is 4. The molecule has 0 bridgehead atoms. The maximum absolute atomic E-state index is 14.4. The molecule has 8 heteroatoms. The van der Waals surface area contributed by atoms with Crippen LogP contribution in [0, 0.1) is 12.7 Å². The smallest absolute Gasteiger partial charge is 0.240 e. The summed E-state index contributed by atoms with van der Waals surface area (Å²) in [4.78, 5) is 28.2. The second kappa shape index (κ2) is 10.7. The summed E-state index contributed by atoms with van der Waals surface area (Å²) in [6, 6.07) is 14.4. The molecule has 0 fully saturated rings. The van der Waals surface area contributed by atoms with E-state index in [0.717, 1.165) is 34.5 Å². The molecule has 4 rings (SSSR count). The number of hydrogen-bond donors (Lipinski definition) is 1. The first-order valence-electron chi connectivity index (χ1n) is 12.7. The summed E-state index contributed by atoms with van der Waals surface area (Å²) >= 11 is 1.44. The summed E-state index contributed by atoms with van der Waals surface area (Å²) in [5.41, 5.74) is 3.94. The number of rotatable bonds is 6. The average Bonchev–Trinajstić information content (AvgIpc) is 3.17. The van der Waals surface area contributed by atoms with Crippen LogP contribution < -0.4 is 10.2 Å². The predicted octanol–water partition coefficient (Wildman–Crippen LogP) is 5.70. The minimum absolute atomic E-state index is 0.00406. The molecule has 1 aliphatic heterocycles. The van der Waals surface area contributed by atoms with E-state index in [1.54, 1.807) is 15.6 Å². The molecule has 1 aliphatic rings. The van der Waals surface area contributed by atoms with Crippen LogP contribution in [0.2, 0.25) is 0 Å². The lowest BCUT2D eigenvalue weighted by atomic mass is 9.87. The third-order valence-corrected chi connectivity index (χ3v) is 7.81. The molecule has 0 saturated heterocycles. The maximum Gasteiger partial charge on any atom is 0.240 e. The van der Waals surface area contributed by atoms with Crippen molar-refractivity contribution in [2.24, 2.45) is 0 Å². The van der Waals surface area contributed by atoms with Crippen molar-refractivity contribution in [2.75, 3.05) is 17.2 Å². The highest BCUT2D eigenvalue weighted by molar-refractivity contribution is 8.00. The van der Waals surface area contributed by atoms with Crippen molar-refractivity contribution in [1.82, 2.24) is 15.1 Å². The van der Waals surface area contributed by atoms with Crippen LogP contribution in [0.3, 0.4) is 0 Å². The highest BCUT2D eigenvalue weighted by atomic mass is 32.2. The van der Waals surface area contributed by atoms with Gasteiger partial charge in [-0.25, -0.2) is 9.07 Å². The number of carbonyl (C=O) groups is 2. The van der Waals surface area contributed by atoms with Gasteiger partial charge in [0.25, 0.3) is 0 Å². The number of aromatic nitrogens is 2. The lowest BCUT2D eigenvalue weighted by Gasteiger charge is -2.25. The number of halogens is 1. The number of aryl methyl sites for hydroxylation is 1. The fourth-order valence-electron chi connectivity index (χ4n) is 4.44. The zero-order chi connectivity index (χ0) is 26.9. The summed E-state index contributed by atoms with van der Waals surface area (Å²) < 4.78 is 16.1. The van der Waals surface area contributed by atoms with Crippen LogP contribution in [0.1, 0.15) is 68.7 Å². The number of fused-ring (bicyclic) bond motifs is 1. The number of carbonyl (C=O) groups excluding carboxylic acids is 2. The molecule has 2 atom stereocenters. The Labute approximate surface area is 222 Å². The van der Waals surface area contributed by atoms with E-state index in [9.17, 15) is 14.0 Å². The van der Waals surface area contributed by atoms with E-state index in [2.05, 4.69) is 26.1 Å². The second-order valence-electron chi connectivity index (χ2n) is 10.7. The van der Waals surface area contributed by atoms with Crippen LogP contribution in [0.4, 0.5) is 10.2 Å². The van der Waals surface area contributed by atoms with Crippen LogP contribution in [0.5, 0.6) is 0 Å². The quantitative estimate of drug-likeness (QED) is 0.451. The Kier molecular flexibility index (Phi) is 7.78. The standard InChI is InChI=1S/C29H35FN4O2S/c1-7-19(3)31-23(35)16-33-24(36)17-37-26(20-9-8-10-21(30)15-20)25-27(29(4,5)6)32-34(28(25)33)22-13-11-18(2)12-14-22/h8-15,19,26H,7,16-17H2,1-6H3,(H,31,35). The van der Waals surface area contributed by atoms with Crippen LogP contribution in [-0.2, 0) is 15.0 Å². The summed E-state index contributed by atoms with van der Waals surface area (Å²) in [6.07, 6.45) is 0.790. The molecule has 0 spiro atoms. The molecule has 2 heterocycles. The van der Waals surface area contributed by atoms with Crippen molar-refractivity contribution >= 4 is 29.4 Å². The number of thioether (sulfide) groups is 1. The SMILES string of the molecule is CCC(C)NC(=O)CN1C(=O)CSC(c2cccc(F)c2)c2c(C(C)(C)C)nn(-c3ccc(C)cc3)c21. The largest absolute Gasteiger partial charge is 0.352 e. The summed E-state index contributed by atoms with van der Waals surface area (Å²) in [5, 5.41) is 7.71. The van der Waals surface area contributed by atoms with Crippen molar-refractivity contribution in [3.8, 4) is 5.69 Å². The Morgan fingerprint density at radius 3 is 2.54 bits per heavy atom. The highest BCUT2D eigenvalue weighted by Crippen LogP contribution is 2.48. The lowest BCUT2D eigenvalue weighted by Crippen LogP contribution is -2.44. The molecule has 37 heavy (non-hydrogen) atoms. The minimum Gasteiger partial charge on any atom is -0.352 e. The van der Waals surface area contributed by atoms with Gasteiger partial charge < -0.3 is 5.32 Å². The van der Waals surface area contributed by atoms with Gasteiger partial charge in [-0.15, -0.1) is 11.8 Å². The molecule has 0 saturated carbocycles. The van der Waals surface area contributed by atoms with Gasteiger partial charge in [0, 0.05) is 17.0 Å². The Hall–Kier alpha value is -3.13. The first-order valence-corrected chi connectivity index (χ1v) is 13.7. The molecule has 2 unspecified atom stereocenters. The van der Waals surface area contributed by atoms with Crippen molar-refractivity contribution in [1.29, 1.82) is 0 Å². The van der Waals surface area contributed by atoms with E-state index in [1.807, 2.05) is 51.1 Å². The fraction of sp³-hybridized carbons (Fsp3) is 0.414. The van der Waals surface area contributed by atoms with Gasteiger partial charge in [-0.05, 0) is 50.1 Å². The van der Waals surface area contributed by atoms with Gasteiger partial charge in [0.15, 0.2) is 0 Å². The predicted molar refractivity (Wildman–Crippen MR) is 148 cm³/mol. The molecule has 196 valence electrons. The van der Waals surface area contributed by atoms with Crippen molar-refractivity contribution < 1.29 is 14.0 Å². The molecule has 0 aliphatic carbocycles. The lowest BCUT2D eigenvalue weighted by molar-refractivity contribution is -0.123. The third-order valence-electron chi connectivity index (χ3n) is 6.55. The number of anilines is 1. The summed E-state index contributed by atoms with van der Waals surface area (Å²) in [7, 11) is 0. The summed E-state index contributed by atoms with van der Waals surface area (Å²) in [6.45, 7) is 12.1. The Bertz CT molecular complexity index is 1300. The van der Waals surface area contributed by atoms with Crippen LogP contribution in [0.15, 0.2) is 48.5 Å². The molecule has 2 amide bonds. The molecule has 1 N–H and O–H groups in total. The van der Waals surface area contributed by atoms with Gasteiger partial charge in [0.1, 0.15) is 18.2 Å². The van der Waals surface area contributed by atoms with Crippen LogP contribution in [-0.4, -0.2) is 39.9 Å². The maximum atomic E-state index is 14.4. The normalized spacial score (nSPS) is 16.8. The molecular weight excluding hydrogens is 487 g/mol. The molecule has 0 radical (unpaired) electrons. The van der Waals surface area contributed by atoms with E-state index in [1.165, 1.54) is 23.9 Å². The topological polar surface area (TPSA) is 67.2 Å². The number of nitrogens with one attached hydrogen (secondary N) is 1. The van der Waals surface area contributed by atoms with Crippen molar-refractivity contribution in [3.05, 3.63) is 76.7 Å². The zero-order valence-electron chi connectivity index (χ0n) is 22.3. The van der Waals surface area contributed by atoms with Crippen molar-refractivity contribution in [3.63, 3.8) is 0 Å². The number of nitrogens with zero attached hydrogens (tertiary/aromatic N) is 3. The third kappa shape index (κ3) is 5.74. The monoisotopic (exact) mass is 522 g/mol. The molecule has 2 aromatic carbocycles. The van der Waals surface area contributed by atoms with Crippen LogP contribution >= 0.6 is 11.8 Å². The average molecular weight is 523 g/mol. The van der Waals surface area contributed by atoms with E-state index in [4.69, 9.17) is 5.10 Å². The van der Waals surface area contributed by atoms with Gasteiger partial charge in [-0.3, -0.25) is 14.5 Å². The van der Waals surface area contributed by atoms with Gasteiger partial charge in [0.05, 0.1) is 22.4 Å². The Morgan fingerprint density at radius 2 is 1.92 bits per heavy atom. The minimum atomic E-state index is -0.371. The van der Waals surface area contributed by atoms with Crippen molar-refractivity contribution in [2.45, 2.75) is 64.7 Å². The molecule has 6 nitrogen and oxygen atoms in total. The zero-order valence-corrected chi connectivity index (χ0v) is 23.2. The van der Waals surface area contributed by atoms with E-state index >= 15 is 0 Å². The fourth-order valence-corrected chi connectivity index (χ4v) is 5.63.